The first kappa shape index (κ1) is 15.2. The second kappa shape index (κ2) is 6.53. The van der Waals surface area contributed by atoms with Gasteiger partial charge < -0.3 is 16.4 Å². The van der Waals surface area contributed by atoms with E-state index < -0.39 is 0 Å². The molecule has 112 valence electrons. The third kappa shape index (κ3) is 3.69. The highest BCUT2D eigenvalue weighted by Crippen LogP contribution is 2.27. The molecule has 0 aliphatic heterocycles. The van der Waals surface area contributed by atoms with Crippen LogP contribution < -0.4 is 16.4 Å². The molecule has 0 radical (unpaired) electrons. The zero-order valence-corrected chi connectivity index (χ0v) is 13.1. The molecule has 0 bridgehead atoms. The summed E-state index contributed by atoms with van der Waals surface area (Å²) < 4.78 is 4.06. The van der Waals surface area contributed by atoms with Crippen LogP contribution in [0.5, 0.6) is 0 Å². The predicted octanol–water partition coefficient (Wildman–Crippen LogP) is 2.18. The molecule has 0 aliphatic carbocycles. The molecule has 0 unspecified atom stereocenters. The minimum atomic E-state index is -0.212. The third-order valence-electron chi connectivity index (χ3n) is 2.90. The molecule has 2 heterocycles. The molecule has 0 aromatic carbocycles. The molecular weight excluding hydrogens is 286 g/mol. The zero-order chi connectivity index (χ0) is 15.4. The Morgan fingerprint density at radius 3 is 2.90 bits per heavy atom. The lowest BCUT2D eigenvalue weighted by Crippen LogP contribution is -2.30. The second-order valence-electron chi connectivity index (χ2n) is 5.02. The highest BCUT2D eigenvalue weighted by atomic mass is 32.1. The van der Waals surface area contributed by atoms with E-state index in [0.29, 0.717) is 17.1 Å². The van der Waals surface area contributed by atoms with Gasteiger partial charge in [-0.05, 0) is 43.9 Å². The molecule has 2 aromatic heterocycles. The molecule has 0 spiro atoms. The third-order valence-corrected chi connectivity index (χ3v) is 3.72. The van der Waals surface area contributed by atoms with Crippen LogP contribution in [0.1, 0.15) is 35.5 Å². The Balaban J connectivity index is 2.14. The van der Waals surface area contributed by atoms with Crippen molar-refractivity contribution in [3.8, 4) is 0 Å². The maximum absolute atomic E-state index is 12.2. The van der Waals surface area contributed by atoms with Crippen molar-refractivity contribution < 1.29 is 4.79 Å². The summed E-state index contributed by atoms with van der Waals surface area (Å²) in [6.07, 6.45) is 1.75. The minimum Gasteiger partial charge on any atom is -0.382 e. The highest BCUT2D eigenvalue weighted by molar-refractivity contribution is 7.11. The topological polar surface area (TPSA) is 92.9 Å². The number of hydrogen-bond donors (Lipinski definition) is 3. The molecule has 1 amide bonds. The zero-order valence-electron chi connectivity index (χ0n) is 12.3. The van der Waals surface area contributed by atoms with Crippen LogP contribution in [0.2, 0.25) is 0 Å². The quantitative estimate of drug-likeness (QED) is 0.787. The van der Waals surface area contributed by atoms with Crippen LogP contribution in [0, 0.1) is 6.92 Å². The first-order valence-electron chi connectivity index (χ1n) is 6.69. The van der Waals surface area contributed by atoms with Crippen LogP contribution in [0.4, 0.5) is 10.8 Å². The van der Waals surface area contributed by atoms with E-state index in [2.05, 4.69) is 20.0 Å². The van der Waals surface area contributed by atoms with E-state index in [1.54, 1.807) is 6.20 Å². The van der Waals surface area contributed by atoms with Gasteiger partial charge in [0.05, 0.1) is 12.2 Å². The van der Waals surface area contributed by atoms with E-state index in [0.717, 1.165) is 11.3 Å². The number of amides is 1. The summed E-state index contributed by atoms with van der Waals surface area (Å²) in [6.45, 7) is 6.32. The van der Waals surface area contributed by atoms with Gasteiger partial charge in [-0.3, -0.25) is 9.78 Å². The Kier molecular flexibility index (Phi) is 4.74. The number of nitrogens with zero attached hydrogens (tertiary/aromatic N) is 2. The largest absolute Gasteiger partial charge is 0.382 e. The lowest BCUT2D eigenvalue weighted by molar-refractivity contribution is 0.0945. The number of nitrogen functional groups attached to an aromatic ring is 1. The van der Waals surface area contributed by atoms with Gasteiger partial charge in [0, 0.05) is 12.2 Å². The van der Waals surface area contributed by atoms with Gasteiger partial charge >= 0.3 is 0 Å². The summed E-state index contributed by atoms with van der Waals surface area (Å²) in [5, 5.41) is 6.69. The summed E-state index contributed by atoms with van der Waals surface area (Å²) in [7, 11) is 0. The van der Waals surface area contributed by atoms with Crippen LogP contribution in [-0.4, -0.2) is 21.3 Å². The molecule has 0 atom stereocenters. The molecule has 6 nitrogen and oxygen atoms in total. The Bertz CT molecular complexity index is 638. The van der Waals surface area contributed by atoms with Crippen LogP contribution in [0.25, 0.3) is 0 Å². The molecule has 21 heavy (non-hydrogen) atoms. The average Bonchev–Trinajstić information content (AvgIpc) is 2.78. The number of aryl methyl sites for hydroxylation is 1. The first-order chi connectivity index (χ1) is 9.99. The Morgan fingerprint density at radius 1 is 1.48 bits per heavy atom. The molecule has 7 heteroatoms. The predicted molar refractivity (Wildman–Crippen MR) is 85.4 cm³/mol. The van der Waals surface area contributed by atoms with Gasteiger partial charge in [0.2, 0.25) is 0 Å². The highest BCUT2D eigenvalue weighted by Gasteiger charge is 2.19. The SMILES string of the molecule is Cc1cccnc1CNc1snc(N)c1C(=O)NC(C)C. The molecule has 0 aliphatic rings. The molecule has 0 saturated heterocycles. The van der Waals surface area contributed by atoms with Crippen molar-refractivity contribution in [1.29, 1.82) is 0 Å². The van der Waals surface area contributed by atoms with E-state index in [-0.39, 0.29) is 17.8 Å². The summed E-state index contributed by atoms with van der Waals surface area (Å²) in [5.74, 6) is 0.0369. The van der Waals surface area contributed by atoms with Crippen molar-refractivity contribution in [2.75, 3.05) is 11.1 Å². The van der Waals surface area contributed by atoms with Crippen molar-refractivity contribution in [3.05, 3.63) is 35.2 Å². The summed E-state index contributed by atoms with van der Waals surface area (Å²) in [4.78, 5) is 16.5. The fourth-order valence-electron chi connectivity index (χ4n) is 1.84. The van der Waals surface area contributed by atoms with Crippen LogP contribution >= 0.6 is 11.5 Å². The number of carbonyl (C=O) groups is 1. The van der Waals surface area contributed by atoms with E-state index >= 15 is 0 Å². The summed E-state index contributed by atoms with van der Waals surface area (Å²) in [6, 6.07) is 3.94. The molecule has 4 N–H and O–H groups in total. The van der Waals surface area contributed by atoms with Crippen molar-refractivity contribution in [2.45, 2.75) is 33.4 Å². The number of pyridine rings is 1. The number of aromatic nitrogens is 2. The molecule has 2 rings (SSSR count). The number of nitrogens with one attached hydrogen (secondary N) is 2. The number of nitrogens with two attached hydrogens (primary N) is 1. The second-order valence-corrected chi connectivity index (χ2v) is 5.79. The smallest absolute Gasteiger partial charge is 0.258 e. The summed E-state index contributed by atoms with van der Waals surface area (Å²) in [5.41, 5.74) is 8.23. The summed E-state index contributed by atoms with van der Waals surface area (Å²) >= 11 is 1.18. The van der Waals surface area contributed by atoms with Gasteiger partial charge in [0.25, 0.3) is 5.91 Å². The van der Waals surface area contributed by atoms with E-state index in [4.69, 9.17) is 5.73 Å². The van der Waals surface area contributed by atoms with E-state index in [1.165, 1.54) is 11.5 Å². The monoisotopic (exact) mass is 305 g/mol. The lowest BCUT2D eigenvalue weighted by atomic mass is 10.2. The van der Waals surface area contributed by atoms with Crippen LogP contribution in [-0.2, 0) is 6.54 Å². The number of hydrogen-bond acceptors (Lipinski definition) is 6. The van der Waals surface area contributed by atoms with Crippen molar-refractivity contribution in [1.82, 2.24) is 14.7 Å². The van der Waals surface area contributed by atoms with Gasteiger partial charge in [0.1, 0.15) is 10.6 Å². The Morgan fingerprint density at radius 2 is 2.24 bits per heavy atom. The van der Waals surface area contributed by atoms with Gasteiger partial charge in [-0.2, -0.15) is 4.37 Å². The van der Waals surface area contributed by atoms with Crippen molar-refractivity contribution in [2.24, 2.45) is 0 Å². The number of rotatable bonds is 5. The van der Waals surface area contributed by atoms with Gasteiger partial charge in [-0.15, -0.1) is 0 Å². The average molecular weight is 305 g/mol. The fourth-order valence-corrected chi connectivity index (χ4v) is 2.55. The Hall–Kier alpha value is -2.15. The van der Waals surface area contributed by atoms with Crippen LogP contribution in [0.3, 0.4) is 0 Å². The maximum atomic E-state index is 12.2. The van der Waals surface area contributed by atoms with Crippen molar-refractivity contribution in [3.63, 3.8) is 0 Å². The Labute approximate surface area is 128 Å². The number of carbonyl (C=O) groups excluding carboxylic acids is 1. The van der Waals surface area contributed by atoms with Gasteiger partial charge in [0.15, 0.2) is 5.82 Å². The lowest BCUT2D eigenvalue weighted by Gasteiger charge is -2.10. The van der Waals surface area contributed by atoms with E-state index in [1.807, 2.05) is 32.9 Å². The van der Waals surface area contributed by atoms with Crippen molar-refractivity contribution >= 4 is 28.3 Å². The minimum absolute atomic E-state index is 0.0442. The van der Waals surface area contributed by atoms with Gasteiger partial charge in [-0.1, -0.05) is 6.07 Å². The maximum Gasteiger partial charge on any atom is 0.258 e. The van der Waals surface area contributed by atoms with Gasteiger partial charge in [-0.25, -0.2) is 0 Å². The molecule has 0 saturated carbocycles. The molecule has 0 fully saturated rings. The molecule has 2 aromatic rings. The normalized spacial score (nSPS) is 10.7. The first-order valence-corrected chi connectivity index (χ1v) is 7.46. The fraction of sp³-hybridized carbons (Fsp3) is 0.357. The van der Waals surface area contributed by atoms with E-state index in [9.17, 15) is 4.79 Å². The standard InChI is InChI=1S/C14H19N5OS/c1-8(2)18-13(20)11-12(15)19-21-14(11)17-7-10-9(3)5-4-6-16-10/h4-6,8,17H,7H2,1-3H3,(H2,15,19)(H,18,20). The molecular formula is C14H19N5OS. The van der Waals surface area contributed by atoms with Crippen LogP contribution in [0.15, 0.2) is 18.3 Å². The number of anilines is 2.